The van der Waals surface area contributed by atoms with Crippen LogP contribution in [0.15, 0.2) is 36.7 Å². The molecule has 2 aromatic heterocycles. The molecule has 0 radical (unpaired) electrons. The van der Waals surface area contributed by atoms with E-state index in [4.69, 9.17) is 36.2 Å². The summed E-state index contributed by atoms with van der Waals surface area (Å²) in [6.45, 7) is 9.08. The van der Waals surface area contributed by atoms with E-state index in [0.29, 0.717) is 21.8 Å². The summed E-state index contributed by atoms with van der Waals surface area (Å²) < 4.78 is 6.17. The highest BCUT2D eigenvalue weighted by Gasteiger charge is 2.10. The third kappa shape index (κ3) is 20.6. The molecule has 3 N–H and O–H groups in total. The van der Waals surface area contributed by atoms with E-state index in [1.165, 1.54) is 6.20 Å². The van der Waals surface area contributed by atoms with Crippen molar-refractivity contribution in [2.45, 2.75) is 37.1 Å². The lowest BCUT2D eigenvalue weighted by Gasteiger charge is -2.28. The molecule has 10 heteroatoms. The smallest absolute Gasteiger partial charge is 0.129 e. The van der Waals surface area contributed by atoms with E-state index >= 15 is 0 Å². The highest BCUT2D eigenvalue weighted by atomic mass is 35.5. The maximum absolute atomic E-state index is 6.17. The van der Waals surface area contributed by atoms with Crippen molar-refractivity contribution in [1.29, 1.82) is 0 Å². The highest BCUT2D eigenvalue weighted by molar-refractivity contribution is 7.15. The fourth-order valence-corrected chi connectivity index (χ4v) is 2.75. The van der Waals surface area contributed by atoms with Crippen molar-refractivity contribution in [3.8, 4) is 0 Å². The van der Waals surface area contributed by atoms with E-state index in [0.717, 1.165) is 58.2 Å². The molecule has 4 rings (SSSR count). The topological polar surface area (TPSA) is 65.1 Å². The van der Waals surface area contributed by atoms with Gasteiger partial charge in [-0.15, -0.1) is 9.24 Å². The Bertz CT molecular complexity index is 627. The molecule has 0 spiro atoms. The zero-order chi connectivity index (χ0) is 22.0. The van der Waals surface area contributed by atoms with Crippen LogP contribution in [0.2, 0.25) is 15.2 Å². The van der Waals surface area contributed by atoms with E-state index in [9.17, 15) is 0 Å². The van der Waals surface area contributed by atoms with Gasteiger partial charge in [0.1, 0.15) is 11.0 Å². The van der Waals surface area contributed by atoms with Crippen molar-refractivity contribution < 1.29 is 1.37 Å². The zero-order valence-electron chi connectivity index (χ0n) is 17.4. The van der Waals surface area contributed by atoms with Gasteiger partial charge in [0.15, 0.2) is 0 Å². The number of aromatic nitrogens is 2. The number of hydrogen-bond acceptors (Lipinski definition) is 6. The van der Waals surface area contributed by atoms with Crippen LogP contribution in [0.1, 0.15) is 38.5 Å². The van der Waals surface area contributed by atoms with E-state index in [2.05, 4.69) is 40.1 Å². The number of anilines is 1. The van der Waals surface area contributed by atoms with Crippen LogP contribution >= 0.6 is 44.0 Å². The lowest BCUT2D eigenvalue weighted by atomic mass is 10.3. The average Bonchev–Trinajstić information content (AvgIpc) is 2.80. The highest BCUT2D eigenvalue weighted by Crippen LogP contribution is 2.14. The van der Waals surface area contributed by atoms with Crippen LogP contribution in [0.25, 0.3) is 0 Å². The van der Waals surface area contributed by atoms with Crippen LogP contribution < -0.4 is 20.9 Å². The minimum Gasteiger partial charge on any atom is -0.354 e. The van der Waals surface area contributed by atoms with Crippen molar-refractivity contribution >= 4 is 49.9 Å². The first-order valence-corrected chi connectivity index (χ1v) is 11.3. The minimum atomic E-state index is 0. The van der Waals surface area contributed by atoms with Gasteiger partial charge in [0, 0.05) is 66.1 Å². The van der Waals surface area contributed by atoms with Gasteiger partial charge >= 0.3 is 0 Å². The Morgan fingerprint density at radius 3 is 1.47 bits per heavy atom. The van der Waals surface area contributed by atoms with Gasteiger partial charge in [-0.25, -0.2) is 9.97 Å². The van der Waals surface area contributed by atoms with Crippen LogP contribution in [0.3, 0.4) is 0 Å². The number of piperazine rings is 2. The first-order valence-electron chi connectivity index (χ1n) is 10.0. The average molecular weight is 561 g/mol. The number of nitrogens with zero attached hydrogens (tertiary/aromatic N) is 3. The van der Waals surface area contributed by atoms with Crippen molar-refractivity contribution in [2.75, 3.05) is 63.9 Å². The fourth-order valence-electron chi connectivity index (χ4n) is 2.41. The molecular weight excluding hydrogens is 510 g/mol. The maximum atomic E-state index is 6.17. The van der Waals surface area contributed by atoms with Crippen molar-refractivity contribution in [3.05, 3.63) is 51.9 Å². The van der Waals surface area contributed by atoms with Crippen molar-refractivity contribution in [3.63, 3.8) is 0 Å². The van der Waals surface area contributed by atoms with Gasteiger partial charge in [-0.05, 0) is 24.3 Å². The molecule has 1 atom stereocenters. The van der Waals surface area contributed by atoms with Gasteiger partial charge in [0.2, 0.25) is 0 Å². The monoisotopic (exact) mass is 559 g/mol. The molecule has 0 saturated carbocycles. The molecule has 6 nitrogen and oxygen atoms in total. The second-order valence-electron chi connectivity index (χ2n) is 5.87. The van der Waals surface area contributed by atoms with Gasteiger partial charge < -0.3 is 20.9 Å². The van der Waals surface area contributed by atoms with Crippen molar-refractivity contribution in [2.24, 2.45) is 0 Å². The summed E-state index contributed by atoms with van der Waals surface area (Å²) >= 11 is 16.7. The second-order valence-corrected chi connectivity index (χ2v) is 7.13. The first kappa shape index (κ1) is 40.4. The van der Waals surface area contributed by atoms with E-state index in [1.807, 2.05) is 12.1 Å². The summed E-state index contributed by atoms with van der Waals surface area (Å²) in [7, 11) is 2.25. The fraction of sp³-hybridized carbons (Fsp3) is 0.583. The van der Waals surface area contributed by atoms with Gasteiger partial charge in [-0.2, -0.15) is 0 Å². The summed E-state index contributed by atoms with van der Waals surface area (Å²) in [6, 6.07) is 7.18. The predicted molar refractivity (Wildman–Crippen MR) is 164 cm³/mol. The predicted octanol–water partition coefficient (Wildman–Crippen LogP) is 6.38. The van der Waals surface area contributed by atoms with Crippen LogP contribution in [-0.2, 0) is 0 Å². The summed E-state index contributed by atoms with van der Waals surface area (Å²) in [5.74, 6) is 1.02. The number of nitrogens with one attached hydrogen (secondary N) is 3. The summed E-state index contributed by atoms with van der Waals surface area (Å²) in [5.41, 5.74) is 0. The number of rotatable bonds is 1. The summed E-state index contributed by atoms with van der Waals surface area (Å²) in [5, 5.41) is 11.5. The SMILES string of the molecule is C.C.C.C.C.C1CNCCN1.Clc1ccc(Cl)nc1.Clc1ccc(N2CCNCC2)nc1.[2H]CP. The first-order chi connectivity index (χ1) is 14.6. The third-order valence-electron chi connectivity index (χ3n) is 3.80. The Labute approximate surface area is 229 Å². The Hall–Kier alpha value is -0.720. The molecule has 34 heavy (non-hydrogen) atoms. The van der Waals surface area contributed by atoms with Crippen LogP contribution in [0, 0.1) is 0 Å². The molecular formula is C24H50Cl3N6P. The summed E-state index contributed by atoms with van der Waals surface area (Å²) in [6.07, 6.45) is 3.20. The van der Waals surface area contributed by atoms with Gasteiger partial charge in [0.05, 0.1) is 10.0 Å². The van der Waals surface area contributed by atoms with Crippen LogP contribution in [0.5, 0.6) is 0 Å². The van der Waals surface area contributed by atoms with Gasteiger partial charge in [-0.3, -0.25) is 0 Å². The van der Waals surface area contributed by atoms with Gasteiger partial charge in [-0.1, -0.05) is 78.6 Å². The largest absolute Gasteiger partial charge is 0.354 e. The lowest BCUT2D eigenvalue weighted by Crippen LogP contribution is -2.43. The molecule has 202 valence electrons. The molecule has 0 amide bonds. The van der Waals surface area contributed by atoms with Crippen molar-refractivity contribution in [1.82, 2.24) is 25.9 Å². The second kappa shape index (κ2) is 28.5. The van der Waals surface area contributed by atoms with E-state index in [-0.39, 0.29) is 37.1 Å². The Morgan fingerprint density at radius 1 is 0.735 bits per heavy atom. The Morgan fingerprint density at radius 2 is 1.15 bits per heavy atom. The quantitative estimate of drug-likeness (QED) is 0.278. The standard InChI is InChI=1S/C9H12ClN3.C5H3Cl2N.C4H10N2.CH5P.5CH4/c10-8-1-2-9(12-7-8)13-5-3-11-4-6-13;6-4-1-2-5(7)8-3-4;1-2-6-4-3-5-1;1-2;;;;;/h1-2,7,11H,3-6H2;1-3H;5-6H,1-4H2;2H2,1H3;5*1H4/i;;;1D;;;;;. The Kier molecular flexibility index (Phi) is 33.9. The zero-order valence-corrected chi connectivity index (χ0v) is 19.8. The number of hydrogen-bond donors (Lipinski definition) is 3. The number of pyridine rings is 2. The molecule has 2 fully saturated rings. The third-order valence-corrected chi connectivity index (χ3v) is 4.47. The molecule has 2 aliphatic rings. The number of halogens is 3. The molecule has 4 heterocycles. The molecule has 2 saturated heterocycles. The normalized spacial score (nSPS) is 13.6. The van der Waals surface area contributed by atoms with E-state index < -0.39 is 0 Å². The summed E-state index contributed by atoms with van der Waals surface area (Å²) in [4.78, 5) is 10.2. The maximum Gasteiger partial charge on any atom is 0.129 e. The van der Waals surface area contributed by atoms with Crippen LogP contribution in [-0.4, -0.2) is 69.0 Å². The van der Waals surface area contributed by atoms with Crippen LogP contribution in [0.4, 0.5) is 5.82 Å². The van der Waals surface area contributed by atoms with E-state index in [1.54, 1.807) is 18.3 Å². The molecule has 0 aliphatic carbocycles. The molecule has 0 aromatic carbocycles. The molecule has 0 bridgehead atoms. The van der Waals surface area contributed by atoms with Gasteiger partial charge in [0.25, 0.3) is 0 Å². The lowest BCUT2D eigenvalue weighted by molar-refractivity contribution is 0.534. The minimum absolute atomic E-state index is 0. The molecule has 1 unspecified atom stereocenters. The molecule has 2 aliphatic heterocycles. The Balaban J connectivity index is -0.000000120. The molecule has 2 aromatic rings.